The van der Waals surface area contributed by atoms with Crippen molar-refractivity contribution in [2.75, 3.05) is 5.43 Å². The zero-order chi connectivity index (χ0) is 17.7. The number of H-pyrrole nitrogens is 1. The summed E-state index contributed by atoms with van der Waals surface area (Å²) in [7, 11) is 0. The Kier molecular flexibility index (Phi) is 3.80. The SMILES string of the molecule is S=c1[nH]cccc1-c1nnc2n1Nc1nc3ccc(Br)cc3cc1CS2. The largest absolute Gasteiger partial charge is 0.352 e. The van der Waals surface area contributed by atoms with Crippen LogP contribution in [0.2, 0.25) is 0 Å². The lowest BCUT2D eigenvalue weighted by Gasteiger charge is -2.12. The van der Waals surface area contributed by atoms with Gasteiger partial charge in [-0.3, -0.25) is 5.43 Å². The number of nitrogens with one attached hydrogen (secondary N) is 2. The van der Waals surface area contributed by atoms with E-state index in [0.29, 0.717) is 10.5 Å². The molecule has 0 saturated carbocycles. The maximum Gasteiger partial charge on any atom is 0.210 e. The Morgan fingerprint density at radius 2 is 2.12 bits per heavy atom. The normalized spacial score (nSPS) is 13.0. The van der Waals surface area contributed by atoms with E-state index in [1.165, 1.54) is 0 Å². The average molecular weight is 443 g/mol. The number of halogens is 1. The summed E-state index contributed by atoms with van der Waals surface area (Å²) in [5.41, 5.74) is 6.24. The number of pyridine rings is 2. The number of aromatic amines is 1. The van der Waals surface area contributed by atoms with Gasteiger partial charge in [0.2, 0.25) is 5.16 Å². The molecule has 3 aromatic heterocycles. The number of fused-ring (bicyclic) bond motifs is 3. The van der Waals surface area contributed by atoms with Crippen molar-refractivity contribution in [3.05, 3.63) is 57.3 Å². The van der Waals surface area contributed by atoms with Gasteiger partial charge in [-0.2, -0.15) is 0 Å². The number of thioether (sulfide) groups is 1. The number of aromatic nitrogens is 5. The van der Waals surface area contributed by atoms with Gasteiger partial charge in [0.15, 0.2) is 5.82 Å². The van der Waals surface area contributed by atoms with Crippen molar-refractivity contribution in [2.24, 2.45) is 0 Å². The zero-order valence-electron chi connectivity index (χ0n) is 13.2. The van der Waals surface area contributed by atoms with Crippen LogP contribution in [-0.2, 0) is 5.75 Å². The molecule has 1 aliphatic rings. The quantitative estimate of drug-likeness (QED) is 0.412. The first-order valence-electron chi connectivity index (χ1n) is 7.81. The minimum Gasteiger partial charge on any atom is -0.352 e. The monoisotopic (exact) mass is 442 g/mol. The molecule has 4 aromatic rings. The molecule has 2 N–H and O–H groups in total. The van der Waals surface area contributed by atoms with Crippen LogP contribution in [0.5, 0.6) is 0 Å². The first-order chi connectivity index (χ1) is 12.7. The lowest BCUT2D eigenvalue weighted by atomic mass is 10.1. The van der Waals surface area contributed by atoms with Crippen molar-refractivity contribution in [3.8, 4) is 11.4 Å². The fourth-order valence-corrected chi connectivity index (χ4v) is 4.35. The predicted octanol–water partition coefficient (Wildman–Crippen LogP) is 4.79. The number of anilines is 1. The second kappa shape index (κ2) is 6.19. The molecule has 0 unspecified atom stereocenters. The van der Waals surface area contributed by atoms with Gasteiger partial charge in [0.25, 0.3) is 0 Å². The Hall–Kier alpha value is -2.23. The zero-order valence-corrected chi connectivity index (χ0v) is 16.5. The number of hydrogen-bond acceptors (Lipinski definition) is 6. The number of nitrogens with zero attached hydrogens (tertiary/aromatic N) is 4. The van der Waals surface area contributed by atoms with Gasteiger partial charge in [0.1, 0.15) is 10.5 Å². The molecule has 4 heterocycles. The van der Waals surface area contributed by atoms with Crippen LogP contribution in [-0.4, -0.2) is 24.8 Å². The first kappa shape index (κ1) is 16.0. The molecular weight excluding hydrogens is 432 g/mol. The molecule has 1 aromatic carbocycles. The molecule has 0 fully saturated rings. The van der Waals surface area contributed by atoms with Gasteiger partial charge >= 0.3 is 0 Å². The van der Waals surface area contributed by atoms with Gasteiger partial charge in [0.05, 0.1) is 11.1 Å². The summed E-state index contributed by atoms with van der Waals surface area (Å²) < 4.78 is 3.52. The summed E-state index contributed by atoms with van der Waals surface area (Å²) in [6.45, 7) is 0. The van der Waals surface area contributed by atoms with Crippen molar-refractivity contribution < 1.29 is 0 Å². The van der Waals surface area contributed by atoms with Gasteiger partial charge in [-0.05, 0) is 36.4 Å². The Morgan fingerprint density at radius 3 is 3.00 bits per heavy atom. The maximum absolute atomic E-state index is 5.40. The summed E-state index contributed by atoms with van der Waals surface area (Å²) in [6.07, 6.45) is 1.80. The third-order valence-corrected chi connectivity index (χ3v) is 5.93. The molecule has 0 spiro atoms. The summed E-state index contributed by atoms with van der Waals surface area (Å²) in [6, 6.07) is 12.1. The molecule has 128 valence electrons. The van der Waals surface area contributed by atoms with Crippen LogP contribution in [0.3, 0.4) is 0 Å². The van der Waals surface area contributed by atoms with E-state index in [0.717, 1.165) is 43.2 Å². The van der Waals surface area contributed by atoms with E-state index in [1.54, 1.807) is 18.0 Å². The summed E-state index contributed by atoms with van der Waals surface area (Å²) in [5.74, 6) is 2.23. The molecule has 6 nitrogen and oxygen atoms in total. The van der Waals surface area contributed by atoms with E-state index in [2.05, 4.69) is 48.7 Å². The molecule has 0 atom stereocenters. The Bertz CT molecular complexity index is 1220. The van der Waals surface area contributed by atoms with Crippen LogP contribution >= 0.6 is 39.9 Å². The minimum atomic E-state index is 0.621. The second-order valence-corrected chi connectivity index (χ2v) is 8.05. The smallest absolute Gasteiger partial charge is 0.210 e. The highest BCUT2D eigenvalue weighted by molar-refractivity contribution is 9.10. The van der Waals surface area contributed by atoms with Gasteiger partial charge in [-0.25, -0.2) is 9.66 Å². The van der Waals surface area contributed by atoms with Crippen LogP contribution in [0.1, 0.15) is 5.56 Å². The lowest BCUT2D eigenvalue weighted by Crippen LogP contribution is -2.13. The van der Waals surface area contributed by atoms with Gasteiger partial charge in [-0.1, -0.05) is 39.9 Å². The molecule has 9 heteroatoms. The summed E-state index contributed by atoms with van der Waals surface area (Å²) >= 11 is 10.5. The third kappa shape index (κ3) is 2.63. The van der Waals surface area contributed by atoms with Crippen LogP contribution < -0.4 is 5.43 Å². The van der Waals surface area contributed by atoms with Crippen molar-refractivity contribution in [1.82, 2.24) is 24.8 Å². The van der Waals surface area contributed by atoms with Crippen LogP contribution in [0.4, 0.5) is 5.82 Å². The standard InChI is InChI=1S/C17H11BrN6S2/c18-11-3-4-13-9(7-11)6-10-8-26-17-22-21-15(24(17)23-14(10)20-13)12-2-1-5-19-16(12)25/h1-7H,8H2,(H,19,25)(H,20,23). The molecule has 0 amide bonds. The molecule has 0 saturated heterocycles. The van der Waals surface area contributed by atoms with Crippen molar-refractivity contribution in [1.29, 1.82) is 0 Å². The van der Waals surface area contributed by atoms with E-state index in [1.807, 2.05) is 28.9 Å². The Balaban J connectivity index is 1.66. The Labute approximate surface area is 166 Å². The molecule has 0 bridgehead atoms. The molecule has 26 heavy (non-hydrogen) atoms. The molecule has 0 aliphatic carbocycles. The highest BCUT2D eigenvalue weighted by Gasteiger charge is 2.21. The van der Waals surface area contributed by atoms with E-state index in [4.69, 9.17) is 17.2 Å². The maximum atomic E-state index is 5.40. The fourth-order valence-electron chi connectivity index (χ4n) is 2.88. The topological polar surface area (TPSA) is 71.4 Å². The predicted molar refractivity (Wildman–Crippen MR) is 109 cm³/mol. The summed E-state index contributed by atoms with van der Waals surface area (Å²) in [5, 5.41) is 10.5. The molecule has 1 aliphatic heterocycles. The number of hydrogen-bond donors (Lipinski definition) is 2. The van der Waals surface area contributed by atoms with Gasteiger partial charge < -0.3 is 4.98 Å². The van der Waals surface area contributed by atoms with Crippen LogP contribution in [0.15, 0.2) is 52.2 Å². The number of rotatable bonds is 1. The highest BCUT2D eigenvalue weighted by Crippen LogP contribution is 2.34. The van der Waals surface area contributed by atoms with Crippen molar-refractivity contribution in [3.63, 3.8) is 0 Å². The van der Waals surface area contributed by atoms with E-state index in [-0.39, 0.29) is 0 Å². The van der Waals surface area contributed by atoms with Crippen LogP contribution in [0.25, 0.3) is 22.3 Å². The summed E-state index contributed by atoms with van der Waals surface area (Å²) in [4.78, 5) is 7.84. The van der Waals surface area contributed by atoms with E-state index >= 15 is 0 Å². The van der Waals surface area contributed by atoms with Gasteiger partial charge in [-0.15, -0.1) is 10.2 Å². The fraction of sp³-hybridized carbons (Fsp3) is 0.0588. The van der Waals surface area contributed by atoms with E-state index < -0.39 is 0 Å². The lowest BCUT2D eigenvalue weighted by molar-refractivity contribution is 0.824. The highest BCUT2D eigenvalue weighted by atomic mass is 79.9. The second-order valence-electron chi connectivity index (χ2n) is 5.79. The Morgan fingerprint density at radius 1 is 1.19 bits per heavy atom. The molecule has 5 rings (SSSR count). The van der Waals surface area contributed by atoms with Crippen molar-refractivity contribution >= 4 is 56.6 Å². The van der Waals surface area contributed by atoms with Crippen LogP contribution in [0, 0.1) is 4.64 Å². The van der Waals surface area contributed by atoms with Crippen molar-refractivity contribution in [2.45, 2.75) is 10.9 Å². The third-order valence-electron chi connectivity index (χ3n) is 4.12. The first-order valence-corrected chi connectivity index (χ1v) is 10.0. The minimum absolute atomic E-state index is 0.621. The number of benzene rings is 1. The van der Waals surface area contributed by atoms with Gasteiger partial charge in [0, 0.05) is 27.4 Å². The molecular formula is C17H11BrN6S2. The molecule has 0 radical (unpaired) electrons. The average Bonchev–Trinajstić information content (AvgIpc) is 2.94. The van der Waals surface area contributed by atoms with E-state index in [9.17, 15) is 0 Å².